The zero-order chi connectivity index (χ0) is 46.6. The quantitative estimate of drug-likeness (QED) is 0.101. The van der Waals surface area contributed by atoms with E-state index in [9.17, 15) is 20.0 Å². The van der Waals surface area contributed by atoms with E-state index in [0.29, 0.717) is 45.7 Å². The number of benzene rings is 2. The van der Waals surface area contributed by atoms with E-state index in [0.717, 1.165) is 67.6 Å². The molecule has 0 atom stereocenters. The fourth-order valence-electron chi connectivity index (χ4n) is 10.3. The lowest BCUT2D eigenvalue weighted by Gasteiger charge is -2.63. The molecule has 1 aliphatic carbocycles. The standard InChI is InChI=1S/C50H61ClN8O6/c1-47(2,29-63-40-13-11-32(50(7,8)62)20-37(40)38-27-57(9)43(61)41-36(38)14-17-53-41)28-58-25-35(26-58)64-33-15-18-59(19-16-33)46-54-23-31(24-55-46)42(60)56-44-48(3,4)45(49(44,5)6)65-34-12-10-30(22-52)39(51)21-34/h10-14,17,20-21,23-24,27,33,35,44-45,53,62H,15-16,18-19,25-26,28-29H2,1-9H3,(H,56,60). The fourth-order valence-corrected chi connectivity index (χ4v) is 10.5. The number of rotatable bonds is 14. The molecule has 0 bridgehead atoms. The number of carbonyl (C=O) groups excluding carboxylic acids is 1. The van der Waals surface area contributed by atoms with E-state index in [4.69, 9.17) is 25.8 Å². The Kier molecular flexibility index (Phi) is 12.3. The molecule has 15 heteroatoms. The molecule has 2 saturated heterocycles. The molecule has 0 unspecified atom stereocenters. The fraction of sp³-hybridized carbons (Fsp3) is 0.500. The Morgan fingerprint density at radius 3 is 2.34 bits per heavy atom. The molecular weight excluding hydrogens is 844 g/mol. The van der Waals surface area contributed by atoms with Gasteiger partial charge in [-0.15, -0.1) is 0 Å². The Morgan fingerprint density at radius 2 is 1.69 bits per heavy atom. The van der Waals surface area contributed by atoms with Gasteiger partial charge in [0.2, 0.25) is 5.95 Å². The number of amides is 1. The monoisotopic (exact) mass is 904 g/mol. The molecule has 1 amide bonds. The van der Waals surface area contributed by atoms with Crippen molar-refractivity contribution in [1.82, 2.24) is 29.7 Å². The topological polar surface area (TPSA) is 171 Å². The van der Waals surface area contributed by atoms with Gasteiger partial charge in [0.05, 0.1) is 40.6 Å². The van der Waals surface area contributed by atoms with Crippen LogP contribution in [-0.4, -0.2) is 99.1 Å². The minimum Gasteiger partial charge on any atom is -0.492 e. The van der Waals surface area contributed by atoms with Crippen LogP contribution in [0.2, 0.25) is 5.02 Å². The Bertz CT molecular complexity index is 2650. The summed E-state index contributed by atoms with van der Waals surface area (Å²) in [5, 5.41) is 24.5. The maximum atomic E-state index is 13.5. The molecule has 2 aromatic carbocycles. The van der Waals surface area contributed by atoms with Crippen LogP contribution < -0.4 is 25.2 Å². The van der Waals surface area contributed by atoms with Gasteiger partial charge < -0.3 is 39.1 Å². The smallest absolute Gasteiger partial charge is 0.274 e. The molecule has 1 saturated carbocycles. The number of carbonyl (C=O) groups is 1. The molecule has 5 aromatic rings. The number of H-pyrrole nitrogens is 1. The van der Waals surface area contributed by atoms with Crippen molar-refractivity contribution >= 4 is 34.4 Å². The van der Waals surface area contributed by atoms with Gasteiger partial charge in [0.25, 0.3) is 11.5 Å². The van der Waals surface area contributed by atoms with E-state index in [1.54, 1.807) is 62.3 Å². The number of piperidine rings is 1. The van der Waals surface area contributed by atoms with Gasteiger partial charge in [-0.25, -0.2) is 9.97 Å². The highest BCUT2D eigenvalue weighted by atomic mass is 35.5. The maximum absolute atomic E-state index is 13.5. The van der Waals surface area contributed by atoms with E-state index in [1.165, 1.54) is 0 Å². The lowest BCUT2D eigenvalue weighted by atomic mass is 9.49. The Hall–Kier alpha value is -5.46. The number of hydrogen-bond donors (Lipinski definition) is 3. The number of nitrogens with zero attached hydrogens (tertiary/aromatic N) is 6. The molecule has 5 heterocycles. The van der Waals surface area contributed by atoms with Crippen molar-refractivity contribution < 1.29 is 24.1 Å². The average molecular weight is 906 g/mol. The molecule has 14 nitrogen and oxygen atoms in total. The Morgan fingerprint density at radius 1 is 1.00 bits per heavy atom. The molecule has 3 aliphatic rings. The van der Waals surface area contributed by atoms with Crippen molar-refractivity contribution in [3.05, 3.63) is 99.3 Å². The number of aromatic nitrogens is 4. The predicted molar refractivity (Wildman–Crippen MR) is 251 cm³/mol. The van der Waals surface area contributed by atoms with Crippen LogP contribution in [0.3, 0.4) is 0 Å². The summed E-state index contributed by atoms with van der Waals surface area (Å²) in [5.74, 6) is 1.65. The normalized spacial score (nSPS) is 20.2. The van der Waals surface area contributed by atoms with Crippen molar-refractivity contribution in [3.63, 3.8) is 0 Å². The van der Waals surface area contributed by atoms with Crippen molar-refractivity contribution in [1.29, 1.82) is 5.26 Å². The van der Waals surface area contributed by atoms with Gasteiger partial charge in [0, 0.05) is 109 Å². The number of hydrogen-bond acceptors (Lipinski definition) is 11. The number of aryl methyl sites for hydroxylation is 1. The number of aromatic amines is 1. The van der Waals surface area contributed by atoms with Gasteiger partial charge in [-0.05, 0) is 62.6 Å². The highest BCUT2D eigenvalue weighted by Gasteiger charge is 2.64. The minimum atomic E-state index is -1.05. The largest absolute Gasteiger partial charge is 0.492 e. The summed E-state index contributed by atoms with van der Waals surface area (Å²) in [6.45, 7) is 20.8. The minimum absolute atomic E-state index is 0.103. The lowest BCUT2D eigenvalue weighted by molar-refractivity contribution is -0.164. The summed E-state index contributed by atoms with van der Waals surface area (Å²) in [6.07, 6.45) is 8.66. The van der Waals surface area contributed by atoms with E-state index < -0.39 is 5.60 Å². The zero-order valence-electron chi connectivity index (χ0n) is 38.9. The molecular formula is C50H61ClN8O6. The van der Waals surface area contributed by atoms with E-state index in [2.05, 4.69) is 77.7 Å². The average Bonchev–Trinajstić information content (AvgIpc) is 3.75. The third-order valence-electron chi connectivity index (χ3n) is 13.5. The molecule has 0 radical (unpaired) electrons. The second-order valence-corrected chi connectivity index (χ2v) is 21.1. The van der Waals surface area contributed by atoms with Crippen LogP contribution in [0.25, 0.3) is 22.0 Å². The lowest BCUT2D eigenvalue weighted by Crippen LogP contribution is -2.74. The molecule has 344 valence electrons. The molecule has 8 rings (SSSR count). The molecule has 3 fully saturated rings. The van der Waals surface area contributed by atoms with Crippen LogP contribution in [0, 0.1) is 27.6 Å². The number of halogens is 1. The number of aliphatic hydroxyl groups is 1. The van der Waals surface area contributed by atoms with Crippen LogP contribution in [0.4, 0.5) is 5.95 Å². The van der Waals surface area contributed by atoms with Crippen LogP contribution in [0.5, 0.6) is 11.5 Å². The first-order chi connectivity index (χ1) is 30.6. The molecule has 2 aliphatic heterocycles. The van der Waals surface area contributed by atoms with E-state index in [-0.39, 0.29) is 52.1 Å². The Labute approximate surface area is 385 Å². The van der Waals surface area contributed by atoms with Gasteiger partial charge in [-0.1, -0.05) is 59.2 Å². The van der Waals surface area contributed by atoms with Crippen LogP contribution in [0.1, 0.15) is 89.7 Å². The maximum Gasteiger partial charge on any atom is 0.274 e. The first-order valence-electron chi connectivity index (χ1n) is 22.4. The number of nitriles is 1. The Balaban J connectivity index is 0.790. The zero-order valence-corrected chi connectivity index (χ0v) is 39.6. The highest BCUT2D eigenvalue weighted by molar-refractivity contribution is 6.31. The van der Waals surface area contributed by atoms with Gasteiger partial charge in [0.15, 0.2) is 0 Å². The number of nitrogens with one attached hydrogen (secondary N) is 2. The van der Waals surface area contributed by atoms with E-state index >= 15 is 0 Å². The number of ether oxygens (including phenoxy) is 3. The second-order valence-electron chi connectivity index (χ2n) is 20.7. The predicted octanol–water partition coefficient (Wildman–Crippen LogP) is 7.46. The summed E-state index contributed by atoms with van der Waals surface area (Å²) in [7, 11) is 1.74. The molecule has 65 heavy (non-hydrogen) atoms. The second kappa shape index (κ2) is 17.4. The third kappa shape index (κ3) is 9.34. The number of likely N-dealkylation sites (tertiary alicyclic amines) is 1. The van der Waals surface area contributed by atoms with Crippen molar-refractivity contribution in [2.24, 2.45) is 23.3 Å². The summed E-state index contributed by atoms with van der Waals surface area (Å²) in [4.78, 5) is 43.1. The number of fused-ring (bicyclic) bond motifs is 1. The summed E-state index contributed by atoms with van der Waals surface area (Å²) < 4.78 is 21.1. The molecule has 3 aromatic heterocycles. The summed E-state index contributed by atoms with van der Waals surface area (Å²) >= 11 is 6.26. The van der Waals surface area contributed by atoms with Gasteiger partial charge in [-0.3, -0.25) is 14.5 Å². The van der Waals surface area contributed by atoms with Crippen molar-refractivity contribution in [2.75, 3.05) is 44.2 Å². The summed E-state index contributed by atoms with van der Waals surface area (Å²) in [6, 6.07) is 14.6. The SMILES string of the molecule is Cn1cc(-c2cc(C(C)(C)O)ccc2OCC(C)(C)CN2CC(OC3CCN(c4ncc(C(=O)NC5C(C)(C)C(Oc6ccc(C#N)c(Cl)c6)C5(C)C)cn4)CC3)C2)c2cc[nH]c2c1=O. The summed E-state index contributed by atoms with van der Waals surface area (Å²) in [5.41, 5.74) is 1.65. The molecule has 0 spiro atoms. The van der Waals surface area contributed by atoms with E-state index in [1.807, 2.05) is 30.5 Å². The van der Waals surface area contributed by atoms with Gasteiger partial charge >= 0.3 is 0 Å². The first-order valence-corrected chi connectivity index (χ1v) is 22.8. The van der Waals surface area contributed by atoms with Gasteiger partial charge in [-0.2, -0.15) is 5.26 Å². The van der Waals surface area contributed by atoms with Crippen molar-refractivity contribution in [3.8, 4) is 28.7 Å². The highest BCUT2D eigenvalue weighted by Crippen LogP contribution is 2.55. The van der Waals surface area contributed by atoms with Crippen molar-refractivity contribution in [2.45, 2.75) is 98.2 Å². The molecule has 3 N–H and O–H groups in total. The van der Waals surface area contributed by atoms with Crippen LogP contribution in [-0.2, 0) is 17.4 Å². The van der Waals surface area contributed by atoms with Gasteiger partial charge in [0.1, 0.15) is 29.2 Å². The number of anilines is 1. The van der Waals surface area contributed by atoms with Crippen LogP contribution >= 0.6 is 11.6 Å². The first kappa shape index (κ1) is 46.1. The van der Waals surface area contributed by atoms with Crippen LogP contribution in [0.15, 0.2) is 72.0 Å². The number of pyridine rings is 1. The third-order valence-corrected chi connectivity index (χ3v) is 13.8.